The van der Waals surface area contributed by atoms with Gasteiger partial charge in [-0.05, 0) is 60.4 Å². The van der Waals surface area contributed by atoms with Crippen molar-refractivity contribution in [1.29, 1.82) is 0 Å². The Labute approximate surface area is 193 Å². The molecule has 3 rings (SSSR count). The number of ether oxygens (including phenoxy) is 1. The number of carbonyl (C=O) groups is 3. The van der Waals surface area contributed by atoms with Crippen LogP contribution in [0.5, 0.6) is 5.75 Å². The number of carbonyl (C=O) groups excluding carboxylic acids is 3. The summed E-state index contributed by atoms with van der Waals surface area (Å²) in [5.74, 6) is -1.75. The van der Waals surface area contributed by atoms with E-state index in [1.54, 1.807) is 43.3 Å². The summed E-state index contributed by atoms with van der Waals surface area (Å²) in [5, 5.41) is 2.74. The normalized spacial score (nSPS) is 11.5. The van der Waals surface area contributed by atoms with Crippen molar-refractivity contribution in [1.82, 2.24) is 9.69 Å². The quantitative estimate of drug-likeness (QED) is 0.461. The predicted molar refractivity (Wildman–Crippen MR) is 123 cm³/mol. The van der Waals surface area contributed by atoms with Crippen molar-refractivity contribution in [3.63, 3.8) is 0 Å². The van der Waals surface area contributed by atoms with Crippen molar-refractivity contribution in [3.8, 4) is 5.75 Å². The topological polar surface area (TPSA) is 141 Å². The van der Waals surface area contributed by atoms with Crippen molar-refractivity contribution in [2.24, 2.45) is 5.73 Å². The van der Waals surface area contributed by atoms with Gasteiger partial charge in [0.15, 0.2) is 5.69 Å². The molecular weight excluding hydrogens is 449 g/mol. The highest BCUT2D eigenvalue weighted by Crippen LogP contribution is 2.28. The number of nitrogens with two attached hydrogens (primary N) is 2. The van der Waals surface area contributed by atoms with E-state index in [4.69, 9.17) is 16.2 Å². The lowest BCUT2D eigenvalue weighted by molar-refractivity contribution is -0.122. The van der Waals surface area contributed by atoms with E-state index in [9.17, 15) is 18.8 Å². The van der Waals surface area contributed by atoms with E-state index >= 15 is 0 Å². The van der Waals surface area contributed by atoms with Crippen LogP contribution in [0.1, 0.15) is 32.6 Å². The number of nitrogens with zero attached hydrogens (tertiary/aromatic N) is 2. The second-order valence-electron chi connectivity index (χ2n) is 7.03. The fraction of sp³-hybridized carbons (Fsp3) is 0.182. The highest BCUT2D eigenvalue weighted by molar-refractivity contribution is 7.09. The molecule has 1 aromatic heterocycles. The van der Waals surface area contributed by atoms with E-state index in [0.717, 1.165) is 11.5 Å². The molecule has 0 spiro atoms. The van der Waals surface area contributed by atoms with Gasteiger partial charge in [-0.15, -0.1) is 0 Å². The van der Waals surface area contributed by atoms with Crippen LogP contribution in [0.15, 0.2) is 48.5 Å². The first kappa shape index (κ1) is 23.7. The molecule has 11 heteroatoms. The monoisotopic (exact) mass is 471 g/mol. The minimum absolute atomic E-state index is 0.0159. The molecule has 9 nitrogen and oxygen atoms in total. The van der Waals surface area contributed by atoms with Crippen molar-refractivity contribution in [2.45, 2.75) is 19.5 Å². The molecule has 3 amide bonds. The molecule has 5 N–H and O–H groups in total. The Kier molecular flexibility index (Phi) is 7.23. The number of anilines is 2. The van der Waals surface area contributed by atoms with Crippen molar-refractivity contribution in [2.75, 3.05) is 17.7 Å². The molecule has 0 radical (unpaired) electrons. The maximum absolute atomic E-state index is 13.4. The lowest BCUT2D eigenvalue weighted by Crippen LogP contribution is -2.48. The van der Waals surface area contributed by atoms with Crippen molar-refractivity contribution < 1.29 is 23.5 Å². The molecular formula is C22H22FN5O4S. The molecule has 0 saturated heterocycles. The zero-order valence-electron chi connectivity index (χ0n) is 17.9. The van der Waals surface area contributed by atoms with Gasteiger partial charge in [0.05, 0.1) is 12.8 Å². The van der Waals surface area contributed by atoms with Crippen LogP contribution in [0.25, 0.3) is 0 Å². The molecule has 0 saturated carbocycles. The summed E-state index contributed by atoms with van der Waals surface area (Å²) in [7, 11) is 1.51. The maximum atomic E-state index is 13.4. The molecule has 0 aliphatic carbocycles. The summed E-state index contributed by atoms with van der Waals surface area (Å²) in [4.78, 5) is 39.1. The number of nitrogens with one attached hydrogen (secondary N) is 1. The lowest BCUT2D eigenvalue weighted by atomic mass is 10.1. The van der Waals surface area contributed by atoms with E-state index in [-0.39, 0.29) is 28.6 Å². The van der Waals surface area contributed by atoms with Crippen LogP contribution in [0.3, 0.4) is 0 Å². The molecule has 172 valence electrons. The number of benzene rings is 2. The highest BCUT2D eigenvalue weighted by atomic mass is 32.1. The largest absolute Gasteiger partial charge is 0.497 e. The molecule has 1 heterocycles. The highest BCUT2D eigenvalue weighted by Gasteiger charge is 2.32. The smallest absolute Gasteiger partial charge is 0.272 e. The fourth-order valence-electron chi connectivity index (χ4n) is 3.05. The molecule has 0 aliphatic rings. The Morgan fingerprint density at radius 3 is 2.33 bits per heavy atom. The minimum atomic E-state index is -0.968. The van der Waals surface area contributed by atoms with Gasteiger partial charge < -0.3 is 21.5 Å². The fourth-order valence-corrected chi connectivity index (χ4v) is 3.80. The predicted octanol–water partition coefficient (Wildman–Crippen LogP) is 2.32. The molecule has 0 aliphatic heterocycles. The molecule has 2 aromatic carbocycles. The third-order valence-corrected chi connectivity index (χ3v) is 5.72. The molecule has 0 unspecified atom stereocenters. The van der Waals surface area contributed by atoms with Gasteiger partial charge in [0, 0.05) is 12.2 Å². The zero-order chi connectivity index (χ0) is 24.1. The third kappa shape index (κ3) is 5.26. The molecule has 0 fully saturated rings. The zero-order valence-corrected chi connectivity index (χ0v) is 18.7. The Hall–Kier alpha value is -3.99. The van der Waals surface area contributed by atoms with Crippen molar-refractivity contribution >= 4 is 40.6 Å². The average molecular weight is 472 g/mol. The van der Waals surface area contributed by atoms with Gasteiger partial charge in [-0.25, -0.2) is 4.39 Å². The van der Waals surface area contributed by atoms with Crippen LogP contribution in [0.4, 0.5) is 15.8 Å². The Bertz CT molecular complexity index is 1160. The lowest BCUT2D eigenvalue weighted by Gasteiger charge is -2.28. The second kappa shape index (κ2) is 10.1. The SMILES string of the molecule is COc1ccc(N(C(=O)c2snc(C(N)=O)c2N)[C@@H](C)C(=O)NCc2ccc(F)cc2)cc1. The second-order valence-corrected chi connectivity index (χ2v) is 7.81. The molecule has 0 bridgehead atoms. The minimum Gasteiger partial charge on any atom is -0.497 e. The third-order valence-electron chi connectivity index (χ3n) is 4.87. The Morgan fingerprint density at radius 2 is 1.79 bits per heavy atom. The number of methoxy groups -OCH3 is 1. The van der Waals surface area contributed by atoms with E-state index in [1.807, 2.05) is 0 Å². The van der Waals surface area contributed by atoms with Crippen LogP contribution in [0, 0.1) is 5.82 Å². The first-order chi connectivity index (χ1) is 15.7. The number of rotatable bonds is 8. The van der Waals surface area contributed by atoms with Crippen LogP contribution in [-0.4, -0.2) is 35.2 Å². The Balaban J connectivity index is 1.90. The van der Waals surface area contributed by atoms with E-state index < -0.39 is 23.8 Å². The van der Waals surface area contributed by atoms with E-state index in [1.165, 1.54) is 24.1 Å². The van der Waals surface area contributed by atoms with Gasteiger partial charge >= 0.3 is 0 Å². The number of amides is 3. The van der Waals surface area contributed by atoms with E-state index in [0.29, 0.717) is 17.0 Å². The van der Waals surface area contributed by atoms with Gasteiger partial charge in [0.2, 0.25) is 5.91 Å². The first-order valence-corrected chi connectivity index (χ1v) is 10.5. The summed E-state index contributed by atoms with van der Waals surface area (Å²) in [6, 6.07) is 11.2. The number of halogens is 1. The van der Waals surface area contributed by atoms with Gasteiger partial charge in [-0.1, -0.05) is 12.1 Å². The standard InChI is InChI=1S/C22H22FN5O4S/c1-12(21(30)26-11-13-3-5-14(23)6-4-13)28(15-7-9-16(32-2)10-8-15)22(31)19-17(24)18(20(25)29)27-33-19/h3-10,12H,11,24H2,1-2H3,(H2,25,29)(H,26,30)/t12-/m0/s1. The maximum Gasteiger partial charge on any atom is 0.272 e. The van der Waals surface area contributed by atoms with Gasteiger partial charge in [0.25, 0.3) is 11.8 Å². The molecule has 3 aromatic rings. The molecule has 1 atom stereocenters. The Morgan fingerprint density at radius 1 is 1.15 bits per heavy atom. The van der Waals surface area contributed by atoms with Crippen LogP contribution in [0.2, 0.25) is 0 Å². The summed E-state index contributed by atoms with van der Waals surface area (Å²) in [6.45, 7) is 1.69. The number of hydrogen-bond donors (Lipinski definition) is 3. The van der Waals surface area contributed by atoms with Crippen LogP contribution < -0.4 is 26.4 Å². The number of primary amides is 1. The van der Waals surface area contributed by atoms with Gasteiger partial charge in [-0.2, -0.15) is 4.37 Å². The number of nitrogen functional groups attached to an aromatic ring is 1. The molecule has 33 heavy (non-hydrogen) atoms. The van der Waals surface area contributed by atoms with Crippen molar-refractivity contribution in [3.05, 3.63) is 70.5 Å². The summed E-state index contributed by atoms with van der Waals surface area (Å²) < 4.78 is 22.1. The first-order valence-electron chi connectivity index (χ1n) is 9.77. The summed E-state index contributed by atoms with van der Waals surface area (Å²) >= 11 is 0.725. The van der Waals surface area contributed by atoms with Crippen LogP contribution in [-0.2, 0) is 11.3 Å². The number of aromatic nitrogens is 1. The van der Waals surface area contributed by atoms with Gasteiger partial charge in [-0.3, -0.25) is 19.3 Å². The summed E-state index contributed by atoms with van der Waals surface area (Å²) in [5.41, 5.74) is 11.9. The van der Waals surface area contributed by atoms with E-state index in [2.05, 4.69) is 9.69 Å². The average Bonchev–Trinajstić information content (AvgIpc) is 3.20. The number of hydrogen-bond acceptors (Lipinski definition) is 7. The van der Waals surface area contributed by atoms with Crippen LogP contribution >= 0.6 is 11.5 Å². The summed E-state index contributed by atoms with van der Waals surface area (Å²) in [6.07, 6.45) is 0. The van der Waals surface area contributed by atoms with Gasteiger partial charge in [0.1, 0.15) is 22.5 Å².